The van der Waals surface area contributed by atoms with Gasteiger partial charge in [-0.1, -0.05) is 0 Å². The molecular formula is C11H14N6O. The third-order valence-corrected chi connectivity index (χ3v) is 2.38. The van der Waals surface area contributed by atoms with Gasteiger partial charge >= 0.3 is 0 Å². The minimum atomic E-state index is -0.130. The quantitative estimate of drug-likeness (QED) is 0.583. The van der Waals surface area contributed by atoms with Crippen LogP contribution >= 0.6 is 0 Å². The lowest BCUT2D eigenvalue weighted by Crippen LogP contribution is -2.22. The van der Waals surface area contributed by atoms with Gasteiger partial charge in [-0.3, -0.25) is 9.36 Å². The number of nitrogens with one attached hydrogen (secondary N) is 1. The molecule has 0 unspecified atom stereocenters. The summed E-state index contributed by atoms with van der Waals surface area (Å²) in [5.74, 6) is 6.34. The molecule has 94 valence electrons. The van der Waals surface area contributed by atoms with Crippen molar-refractivity contribution in [2.24, 2.45) is 5.84 Å². The average Bonchev–Trinajstić information content (AvgIpc) is 2.32. The monoisotopic (exact) mass is 246 g/mol. The highest BCUT2D eigenvalue weighted by Crippen LogP contribution is 2.05. The van der Waals surface area contributed by atoms with Gasteiger partial charge in [-0.05, 0) is 13.8 Å². The van der Waals surface area contributed by atoms with Gasteiger partial charge in [-0.25, -0.2) is 20.8 Å². The molecule has 2 rings (SSSR count). The molecule has 7 heteroatoms. The Balaban J connectivity index is 2.33. The van der Waals surface area contributed by atoms with Crippen molar-refractivity contribution >= 4 is 5.82 Å². The SMILES string of the molecule is Cc1cc(=O)n(Cc2nc(C)cc(NN)n2)cn1. The summed E-state index contributed by atoms with van der Waals surface area (Å²) in [5, 5.41) is 0. The van der Waals surface area contributed by atoms with Crippen LogP contribution in [0.3, 0.4) is 0 Å². The van der Waals surface area contributed by atoms with Crippen molar-refractivity contribution in [1.82, 2.24) is 19.5 Å². The number of hydrazine groups is 1. The molecule has 2 heterocycles. The van der Waals surface area contributed by atoms with Crippen molar-refractivity contribution in [1.29, 1.82) is 0 Å². The first-order chi connectivity index (χ1) is 8.58. The Morgan fingerprint density at radius 1 is 1.28 bits per heavy atom. The van der Waals surface area contributed by atoms with Gasteiger partial charge < -0.3 is 5.43 Å². The molecule has 0 radical (unpaired) electrons. The average molecular weight is 246 g/mol. The molecule has 0 saturated carbocycles. The van der Waals surface area contributed by atoms with Gasteiger partial charge in [0.2, 0.25) is 0 Å². The van der Waals surface area contributed by atoms with Crippen molar-refractivity contribution < 1.29 is 0 Å². The number of hydrogen-bond donors (Lipinski definition) is 2. The van der Waals surface area contributed by atoms with E-state index in [0.29, 0.717) is 17.3 Å². The summed E-state index contributed by atoms with van der Waals surface area (Å²) in [7, 11) is 0. The van der Waals surface area contributed by atoms with E-state index in [-0.39, 0.29) is 12.1 Å². The first-order valence-corrected chi connectivity index (χ1v) is 5.43. The van der Waals surface area contributed by atoms with Crippen LogP contribution in [-0.4, -0.2) is 19.5 Å². The van der Waals surface area contributed by atoms with Crippen LogP contribution in [-0.2, 0) is 6.54 Å². The van der Waals surface area contributed by atoms with Crippen molar-refractivity contribution in [3.8, 4) is 0 Å². The zero-order valence-corrected chi connectivity index (χ0v) is 10.2. The molecule has 7 nitrogen and oxygen atoms in total. The normalized spacial score (nSPS) is 10.4. The van der Waals surface area contributed by atoms with E-state index in [0.717, 1.165) is 5.69 Å². The standard InChI is InChI=1S/C11H14N6O/c1-7-4-11(18)17(6-13-7)5-10-14-8(2)3-9(15-10)16-12/h3-4,6H,5,12H2,1-2H3,(H,14,15,16). The van der Waals surface area contributed by atoms with Crippen LogP contribution < -0.4 is 16.8 Å². The Bertz CT molecular complexity index is 621. The van der Waals surface area contributed by atoms with Crippen LogP contribution in [0.4, 0.5) is 5.82 Å². The fraction of sp³-hybridized carbons (Fsp3) is 0.273. The molecule has 0 aliphatic carbocycles. The number of aryl methyl sites for hydroxylation is 2. The topological polar surface area (TPSA) is 98.7 Å². The second-order valence-corrected chi connectivity index (χ2v) is 3.95. The first-order valence-electron chi connectivity index (χ1n) is 5.43. The lowest BCUT2D eigenvalue weighted by Gasteiger charge is -2.07. The fourth-order valence-corrected chi connectivity index (χ4v) is 1.56. The summed E-state index contributed by atoms with van der Waals surface area (Å²) in [4.78, 5) is 24.2. The molecule has 0 amide bonds. The second-order valence-electron chi connectivity index (χ2n) is 3.95. The van der Waals surface area contributed by atoms with E-state index in [1.807, 2.05) is 6.92 Å². The van der Waals surface area contributed by atoms with Gasteiger partial charge in [-0.2, -0.15) is 0 Å². The van der Waals surface area contributed by atoms with E-state index >= 15 is 0 Å². The Kier molecular flexibility index (Phi) is 3.33. The number of anilines is 1. The molecule has 0 bridgehead atoms. The van der Waals surface area contributed by atoms with Crippen LogP contribution in [0.15, 0.2) is 23.3 Å². The summed E-state index contributed by atoms with van der Waals surface area (Å²) in [6, 6.07) is 3.19. The van der Waals surface area contributed by atoms with Gasteiger partial charge in [0.1, 0.15) is 5.82 Å². The van der Waals surface area contributed by atoms with Gasteiger partial charge in [-0.15, -0.1) is 0 Å². The first kappa shape index (κ1) is 12.2. The number of aromatic nitrogens is 4. The fourth-order valence-electron chi connectivity index (χ4n) is 1.56. The van der Waals surface area contributed by atoms with Crippen LogP contribution in [0, 0.1) is 13.8 Å². The number of rotatable bonds is 3. The predicted octanol–water partition coefficient (Wildman–Crippen LogP) is -0.0160. The lowest BCUT2D eigenvalue weighted by atomic mass is 10.4. The van der Waals surface area contributed by atoms with Crippen LogP contribution in [0.1, 0.15) is 17.2 Å². The van der Waals surface area contributed by atoms with E-state index in [1.165, 1.54) is 17.0 Å². The molecule has 2 aromatic rings. The summed E-state index contributed by atoms with van der Waals surface area (Å²) in [5.41, 5.74) is 3.80. The summed E-state index contributed by atoms with van der Waals surface area (Å²) < 4.78 is 1.45. The van der Waals surface area contributed by atoms with Gasteiger partial charge in [0.25, 0.3) is 5.56 Å². The molecule has 0 aromatic carbocycles. The molecule has 0 aliphatic heterocycles. The van der Waals surface area contributed by atoms with E-state index in [4.69, 9.17) is 5.84 Å². The Morgan fingerprint density at radius 3 is 2.72 bits per heavy atom. The molecule has 0 saturated heterocycles. The molecule has 2 aromatic heterocycles. The van der Waals surface area contributed by atoms with Crippen LogP contribution in [0.25, 0.3) is 0 Å². The molecule has 0 spiro atoms. The van der Waals surface area contributed by atoms with Gasteiger partial charge in [0.05, 0.1) is 12.9 Å². The second kappa shape index (κ2) is 4.92. The largest absolute Gasteiger partial charge is 0.308 e. The minimum Gasteiger partial charge on any atom is -0.308 e. The summed E-state index contributed by atoms with van der Waals surface area (Å²) >= 11 is 0. The van der Waals surface area contributed by atoms with Crippen molar-refractivity contribution in [2.75, 3.05) is 5.43 Å². The van der Waals surface area contributed by atoms with E-state index in [1.54, 1.807) is 13.0 Å². The maximum Gasteiger partial charge on any atom is 0.253 e. The molecule has 0 aliphatic rings. The van der Waals surface area contributed by atoms with Crippen LogP contribution in [0.2, 0.25) is 0 Å². The Morgan fingerprint density at radius 2 is 2.06 bits per heavy atom. The van der Waals surface area contributed by atoms with Crippen molar-refractivity contribution in [3.05, 3.63) is 46.0 Å². The van der Waals surface area contributed by atoms with Gasteiger partial charge in [0, 0.05) is 23.5 Å². The van der Waals surface area contributed by atoms with E-state index in [9.17, 15) is 4.79 Å². The summed E-state index contributed by atoms with van der Waals surface area (Å²) in [6.45, 7) is 3.87. The third kappa shape index (κ3) is 2.69. The van der Waals surface area contributed by atoms with Gasteiger partial charge in [0.15, 0.2) is 5.82 Å². The summed E-state index contributed by atoms with van der Waals surface area (Å²) in [6.07, 6.45) is 1.49. The maximum atomic E-state index is 11.7. The number of hydrogen-bond acceptors (Lipinski definition) is 6. The minimum absolute atomic E-state index is 0.130. The molecule has 18 heavy (non-hydrogen) atoms. The number of nitrogens with zero attached hydrogens (tertiary/aromatic N) is 4. The maximum absolute atomic E-state index is 11.7. The number of nitrogen functional groups attached to an aromatic ring is 1. The lowest BCUT2D eigenvalue weighted by molar-refractivity contribution is 0.690. The van der Waals surface area contributed by atoms with E-state index in [2.05, 4.69) is 20.4 Å². The van der Waals surface area contributed by atoms with E-state index < -0.39 is 0 Å². The molecule has 0 atom stereocenters. The highest BCUT2D eigenvalue weighted by Gasteiger charge is 2.04. The van der Waals surface area contributed by atoms with Crippen LogP contribution in [0.5, 0.6) is 0 Å². The van der Waals surface area contributed by atoms with Crippen molar-refractivity contribution in [2.45, 2.75) is 20.4 Å². The number of nitrogens with two attached hydrogens (primary N) is 1. The molecule has 0 fully saturated rings. The Labute approximate surface area is 104 Å². The zero-order valence-electron chi connectivity index (χ0n) is 10.2. The third-order valence-electron chi connectivity index (χ3n) is 2.38. The highest BCUT2D eigenvalue weighted by atomic mass is 16.1. The smallest absolute Gasteiger partial charge is 0.253 e. The molecular weight excluding hydrogens is 232 g/mol. The molecule has 3 N–H and O–H groups in total. The predicted molar refractivity (Wildman–Crippen MR) is 66.9 cm³/mol. The highest BCUT2D eigenvalue weighted by molar-refractivity contribution is 5.33. The zero-order chi connectivity index (χ0) is 13.1. The van der Waals surface area contributed by atoms with Crippen molar-refractivity contribution in [3.63, 3.8) is 0 Å². The Hall–Kier alpha value is -2.28.